The number of rotatable bonds is 14. The first-order valence-electron chi connectivity index (χ1n) is 11.0. The minimum Gasteiger partial charge on any atom is -0.263 e. The summed E-state index contributed by atoms with van der Waals surface area (Å²) in [5.74, 6) is 0. The van der Waals surface area contributed by atoms with Crippen molar-refractivity contribution in [3.8, 4) is 0 Å². The highest BCUT2D eigenvalue weighted by atomic mass is 15.5. The topological polar surface area (TPSA) is 15.6 Å². The summed E-state index contributed by atoms with van der Waals surface area (Å²) in [6.07, 6.45) is 13.5. The number of benzene rings is 1. The molecular weight excluding hydrogens is 328 g/mol. The van der Waals surface area contributed by atoms with E-state index in [-0.39, 0.29) is 11.5 Å². The zero-order valence-electron chi connectivity index (χ0n) is 18.5. The van der Waals surface area contributed by atoms with E-state index in [9.17, 15) is 0 Å². The van der Waals surface area contributed by atoms with Crippen LogP contribution in [-0.4, -0.2) is 11.7 Å². The van der Waals surface area contributed by atoms with E-state index in [4.69, 9.17) is 0 Å². The van der Waals surface area contributed by atoms with Gasteiger partial charge in [-0.2, -0.15) is 5.10 Å². The molecule has 0 aliphatic heterocycles. The highest BCUT2D eigenvalue weighted by Crippen LogP contribution is 2.44. The monoisotopic (exact) mass is 370 g/mol. The van der Waals surface area contributed by atoms with Gasteiger partial charge >= 0.3 is 0 Å². The zero-order chi connectivity index (χ0) is 20.1. The summed E-state index contributed by atoms with van der Waals surface area (Å²) in [6.45, 7) is 15.4. The second-order valence-electron chi connectivity index (χ2n) is 8.34. The van der Waals surface area contributed by atoms with Crippen molar-refractivity contribution in [3.05, 3.63) is 47.7 Å². The highest BCUT2D eigenvalue weighted by Gasteiger charge is 2.35. The maximum atomic E-state index is 4.53. The minimum atomic E-state index is 0.118. The number of hydrazone groups is 1. The van der Waals surface area contributed by atoms with Crippen LogP contribution in [0.15, 0.2) is 47.2 Å². The Bertz CT molecular complexity index is 545. The Morgan fingerprint density at radius 2 is 1.67 bits per heavy atom. The predicted octanol–water partition coefficient (Wildman–Crippen LogP) is 8.13. The third-order valence-corrected chi connectivity index (χ3v) is 5.56. The van der Waals surface area contributed by atoms with Crippen molar-refractivity contribution < 1.29 is 0 Å². The third kappa shape index (κ3) is 7.52. The molecule has 0 bridgehead atoms. The van der Waals surface area contributed by atoms with Gasteiger partial charge in [-0.3, -0.25) is 5.01 Å². The molecule has 0 amide bonds. The number of nitrogens with zero attached hydrogens (tertiary/aromatic N) is 2. The maximum absolute atomic E-state index is 4.53. The second kappa shape index (κ2) is 12.8. The SMILES string of the molecule is C=NN(/C(=C\C)CCCCCCCC)C(c1ccccc1)C(C)(C)CCC. The summed E-state index contributed by atoms with van der Waals surface area (Å²) in [5, 5.41) is 6.73. The zero-order valence-corrected chi connectivity index (χ0v) is 18.5. The molecule has 1 rings (SSSR count). The van der Waals surface area contributed by atoms with Crippen LogP contribution in [0.3, 0.4) is 0 Å². The van der Waals surface area contributed by atoms with Gasteiger partial charge in [0.2, 0.25) is 0 Å². The molecule has 0 spiro atoms. The molecule has 2 heteroatoms. The van der Waals surface area contributed by atoms with E-state index < -0.39 is 0 Å². The van der Waals surface area contributed by atoms with E-state index in [1.165, 1.54) is 56.2 Å². The molecule has 2 nitrogen and oxygen atoms in total. The Balaban J connectivity index is 2.97. The van der Waals surface area contributed by atoms with Gasteiger partial charge < -0.3 is 0 Å². The van der Waals surface area contributed by atoms with E-state index in [1.807, 2.05) is 0 Å². The molecule has 0 heterocycles. The Labute approximate surface area is 168 Å². The molecule has 0 aliphatic rings. The van der Waals surface area contributed by atoms with Gasteiger partial charge in [-0.05, 0) is 37.2 Å². The molecule has 0 radical (unpaired) electrons. The van der Waals surface area contributed by atoms with Gasteiger partial charge in [0.05, 0.1) is 6.04 Å². The molecule has 0 fully saturated rings. The van der Waals surface area contributed by atoms with Crippen LogP contribution in [0, 0.1) is 5.41 Å². The standard InChI is InChI=1S/C25H42N2/c1-7-10-11-12-13-17-20-23(9-3)27(26-6)24(25(4,5)21-8-2)22-18-15-14-16-19-22/h9,14-16,18-19,24H,6-8,10-13,17,20-21H2,1-5H3/b23-9-. The van der Waals surface area contributed by atoms with Crippen LogP contribution in [0.1, 0.15) is 104 Å². The second-order valence-corrected chi connectivity index (χ2v) is 8.34. The number of unbranched alkanes of at least 4 members (excludes halogenated alkanes) is 5. The van der Waals surface area contributed by atoms with Crippen LogP contribution in [0.25, 0.3) is 0 Å². The molecule has 1 aromatic rings. The molecule has 27 heavy (non-hydrogen) atoms. The minimum absolute atomic E-state index is 0.118. The summed E-state index contributed by atoms with van der Waals surface area (Å²) >= 11 is 0. The fourth-order valence-corrected chi connectivity index (χ4v) is 4.16. The van der Waals surface area contributed by atoms with Crippen molar-refractivity contribution in [1.29, 1.82) is 0 Å². The quantitative estimate of drug-likeness (QED) is 0.183. The molecule has 0 saturated heterocycles. The fraction of sp³-hybridized carbons (Fsp3) is 0.640. The summed E-state index contributed by atoms with van der Waals surface area (Å²) < 4.78 is 0. The first kappa shape index (κ1) is 23.5. The first-order chi connectivity index (χ1) is 13.0. The van der Waals surface area contributed by atoms with Gasteiger partial charge in [-0.25, -0.2) is 0 Å². The fourth-order valence-electron chi connectivity index (χ4n) is 4.16. The lowest BCUT2D eigenvalue weighted by Crippen LogP contribution is -2.35. The average molecular weight is 371 g/mol. The smallest absolute Gasteiger partial charge is 0.0822 e. The molecule has 152 valence electrons. The lowest BCUT2D eigenvalue weighted by molar-refractivity contribution is 0.108. The lowest BCUT2D eigenvalue weighted by atomic mass is 9.76. The Morgan fingerprint density at radius 3 is 2.22 bits per heavy atom. The van der Waals surface area contributed by atoms with Crippen molar-refractivity contribution in [1.82, 2.24) is 5.01 Å². The third-order valence-electron chi connectivity index (χ3n) is 5.56. The van der Waals surface area contributed by atoms with Crippen molar-refractivity contribution in [2.45, 2.75) is 98.4 Å². The molecular formula is C25H42N2. The number of hydrogen-bond donors (Lipinski definition) is 0. The maximum Gasteiger partial charge on any atom is 0.0822 e. The molecule has 1 aromatic carbocycles. The Kier molecular flexibility index (Phi) is 11.1. The van der Waals surface area contributed by atoms with Crippen LogP contribution in [-0.2, 0) is 0 Å². The molecule has 0 aromatic heterocycles. The van der Waals surface area contributed by atoms with E-state index >= 15 is 0 Å². The van der Waals surface area contributed by atoms with E-state index in [0.29, 0.717) is 0 Å². The van der Waals surface area contributed by atoms with Gasteiger partial charge in [-0.1, -0.05) is 103 Å². The Hall–Kier alpha value is -1.57. The van der Waals surface area contributed by atoms with Crippen LogP contribution in [0.2, 0.25) is 0 Å². The van der Waals surface area contributed by atoms with Crippen LogP contribution < -0.4 is 0 Å². The van der Waals surface area contributed by atoms with E-state index in [1.54, 1.807) is 0 Å². The summed E-state index contributed by atoms with van der Waals surface area (Å²) in [7, 11) is 0. The molecule has 0 saturated carbocycles. The highest BCUT2D eigenvalue weighted by molar-refractivity contribution is 5.27. The molecule has 0 N–H and O–H groups in total. The van der Waals surface area contributed by atoms with Gasteiger partial charge in [0, 0.05) is 12.4 Å². The Morgan fingerprint density at radius 1 is 1.04 bits per heavy atom. The van der Waals surface area contributed by atoms with Crippen LogP contribution >= 0.6 is 0 Å². The van der Waals surface area contributed by atoms with Gasteiger partial charge in [-0.15, -0.1) is 0 Å². The predicted molar refractivity (Wildman–Crippen MR) is 121 cm³/mol. The molecule has 1 unspecified atom stereocenters. The average Bonchev–Trinajstić information content (AvgIpc) is 2.66. The molecule has 0 aliphatic carbocycles. The van der Waals surface area contributed by atoms with E-state index in [0.717, 1.165) is 12.8 Å². The van der Waals surface area contributed by atoms with Crippen LogP contribution in [0.4, 0.5) is 0 Å². The van der Waals surface area contributed by atoms with Crippen molar-refractivity contribution in [3.63, 3.8) is 0 Å². The lowest BCUT2D eigenvalue weighted by Gasteiger charge is -2.42. The number of allylic oxidation sites excluding steroid dienone is 2. The summed E-state index contributed by atoms with van der Waals surface area (Å²) in [5.41, 5.74) is 2.75. The molecule has 1 atom stereocenters. The summed E-state index contributed by atoms with van der Waals surface area (Å²) in [6, 6.07) is 11.0. The van der Waals surface area contributed by atoms with Crippen molar-refractivity contribution >= 4 is 6.72 Å². The van der Waals surface area contributed by atoms with Crippen molar-refractivity contribution in [2.24, 2.45) is 10.5 Å². The van der Waals surface area contributed by atoms with Gasteiger partial charge in [0.15, 0.2) is 0 Å². The normalized spacial score (nSPS) is 13.4. The number of hydrogen-bond acceptors (Lipinski definition) is 2. The largest absolute Gasteiger partial charge is 0.263 e. The van der Waals surface area contributed by atoms with Crippen molar-refractivity contribution in [2.75, 3.05) is 0 Å². The van der Waals surface area contributed by atoms with Crippen LogP contribution in [0.5, 0.6) is 0 Å². The van der Waals surface area contributed by atoms with E-state index in [2.05, 4.69) is 87.9 Å². The van der Waals surface area contributed by atoms with Gasteiger partial charge in [0.25, 0.3) is 0 Å². The van der Waals surface area contributed by atoms with Gasteiger partial charge in [0.1, 0.15) is 0 Å². The summed E-state index contributed by atoms with van der Waals surface area (Å²) in [4.78, 5) is 0. The first-order valence-corrected chi connectivity index (χ1v) is 11.0.